The van der Waals surface area contributed by atoms with Crippen LogP contribution in [0.3, 0.4) is 0 Å². The number of amides is 2. The number of halogens is 2. The zero-order chi connectivity index (χ0) is 22.8. The number of benzene rings is 2. The van der Waals surface area contributed by atoms with Crippen molar-refractivity contribution in [3.63, 3.8) is 0 Å². The highest BCUT2D eigenvalue weighted by molar-refractivity contribution is 7.99. The number of nitrogens with zero attached hydrogens (tertiary/aromatic N) is 1. The highest BCUT2D eigenvalue weighted by atomic mass is 35.5. The van der Waals surface area contributed by atoms with Gasteiger partial charge in [0, 0.05) is 28.9 Å². The molecule has 0 saturated heterocycles. The van der Waals surface area contributed by atoms with Gasteiger partial charge in [-0.25, -0.2) is 0 Å². The van der Waals surface area contributed by atoms with Crippen molar-refractivity contribution >= 4 is 46.8 Å². The van der Waals surface area contributed by atoms with Crippen molar-refractivity contribution in [2.24, 2.45) is 5.92 Å². The van der Waals surface area contributed by atoms with Gasteiger partial charge < -0.3 is 10.2 Å². The first kappa shape index (κ1) is 25.6. The predicted molar refractivity (Wildman–Crippen MR) is 132 cm³/mol. The maximum Gasteiger partial charge on any atom is 0.242 e. The minimum Gasteiger partial charge on any atom is -0.354 e. The largest absolute Gasteiger partial charge is 0.354 e. The molecule has 168 valence electrons. The Labute approximate surface area is 199 Å². The maximum absolute atomic E-state index is 13.2. The molecule has 1 atom stereocenters. The Balaban J connectivity index is 2.12. The Morgan fingerprint density at radius 1 is 1.03 bits per heavy atom. The average molecular weight is 481 g/mol. The van der Waals surface area contributed by atoms with Gasteiger partial charge in [-0.15, -0.1) is 11.8 Å². The molecular formula is C24H30Cl2N2O2S. The van der Waals surface area contributed by atoms with Gasteiger partial charge in [-0.05, 0) is 35.6 Å². The third kappa shape index (κ3) is 8.06. The van der Waals surface area contributed by atoms with E-state index in [0.29, 0.717) is 41.2 Å². The third-order valence-corrected chi connectivity index (χ3v) is 6.45. The fourth-order valence-corrected chi connectivity index (χ4v) is 4.76. The van der Waals surface area contributed by atoms with Gasteiger partial charge in [0.15, 0.2) is 0 Å². The zero-order valence-corrected chi connectivity index (χ0v) is 20.6. The summed E-state index contributed by atoms with van der Waals surface area (Å²) in [5, 5.41) is 4.16. The second-order valence-electron chi connectivity index (χ2n) is 7.76. The summed E-state index contributed by atoms with van der Waals surface area (Å²) in [7, 11) is 0. The molecule has 2 aromatic carbocycles. The van der Waals surface area contributed by atoms with E-state index in [-0.39, 0.29) is 17.6 Å². The van der Waals surface area contributed by atoms with Crippen LogP contribution in [-0.4, -0.2) is 35.1 Å². The van der Waals surface area contributed by atoms with Crippen LogP contribution < -0.4 is 5.32 Å². The minimum absolute atomic E-state index is 0.0800. The Hall–Kier alpha value is -1.69. The normalized spacial score (nSPS) is 11.9. The van der Waals surface area contributed by atoms with Gasteiger partial charge in [0.25, 0.3) is 0 Å². The average Bonchev–Trinajstić information content (AvgIpc) is 2.74. The fourth-order valence-electron chi connectivity index (χ4n) is 3.12. The number of thioether (sulfide) groups is 1. The lowest BCUT2D eigenvalue weighted by Gasteiger charge is -2.31. The van der Waals surface area contributed by atoms with Crippen LogP contribution in [0.5, 0.6) is 0 Å². The van der Waals surface area contributed by atoms with Crippen molar-refractivity contribution in [3.05, 3.63) is 69.7 Å². The summed E-state index contributed by atoms with van der Waals surface area (Å²) in [5.41, 5.74) is 1.81. The van der Waals surface area contributed by atoms with Gasteiger partial charge in [0.05, 0.1) is 5.75 Å². The molecule has 0 aliphatic carbocycles. The molecule has 2 aromatic rings. The molecule has 1 N–H and O–H groups in total. The van der Waals surface area contributed by atoms with Crippen LogP contribution >= 0.6 is 35.0 Å². The molecule has 0 fully saturated rings. The summed E-state index contributed by atoms with van der Waals surface area (Å²) >= 11 is 13.9. The summed E-state index contributed by atoms with van der Waals surface area (Å²) in [5.74, 6) is 0.918. The molecular weight excluding hydrogens is 451 g/mol. The van der Waals surface area contributed by atoms with E-state index in [2.05, 4.69) is 5.32 Å². The number of hydrogen-bond donors (Lipinski definition) is 1. The SMILES string of the molecule is CCC(C(=O)NCC(C)C)N(Cc1ccccc1)C(=O)CSCc1c(Cl)cccc1Cl. The molecule has 4 nitrogen and oxygen atoms in total. The number of rotatable bonds is 11. The van der Waals surface area contributed by atoms with E-state index < -0.39 is 6.04 Å². The molecule has 0 spiro atoms. The van der Waals surface area contributed by atoms with Crippen molar-refractivity contribution in [2.75, 3.05) is 12.3 Å². The lowest BCUT2D eigenvalue weighted by atomic mass is 10.1. The van der Waals surface area contributed by atoms with Crippen molar-refractivity contribution in [3.8, 4) is 0 Å². The molecule has 0 aliphatic rings. The smallest absolute Gasteiger partial charge is 0.242 e. The first-order chi connectivity index (χ1) is 14.8. The van der Waals surface area contributed by atoms with Gasteiger partial charge in [-0.3, -0.25) is 9.59 Å². The summed E-state index contributed by atoms with van der Waals surface area (Å²) in [6.07, 6.45) is 0.545. The minimum atomic E-state index is -0.518. The van der Waals surface area contributed by atoms with Crippen molar-refractivity contribution < 1.29 is 9.59 Å². The molecule has 7 heteroatoms. The second kappa shape index (κ2) is 13.0. The van der Waals surface area contributed by atoms with Crippen molar-refractivity contribution in [1.82, 2.24) is 10.2 Å². The molecule has 1 unspecified atom stereocenters. The number of carbonyl (C=O) groups excluding carboxylic acids is 2. The molecule has 2 rings (SSSR count). The Bertz CT molecular complexity index is 842. The highest BCUT2D eigenvalue weighted by Crippen LogP contribution is 2.28. The summed E-state index contributed by atoms with van der Waals surface area (Å²) < 4.78 is 0. The number of hydrogen-bond acceptors (Lipinski definition) is 3. The molecule has 0 radical (unpaired) electrons. The Kier molecular flexibility index (Phi) is 10.7. The van der Waals surface area contributed by atoms with Crippen molar-refractivity contribution in [2.45, 2.75) is 45.5 Å². The van der Waals surface area contributed by atoms with Gasteiger partial charge in [0.2, 0.25) is 11.8 Å². The number of carbonyl (C=O) groups is 2. The second-order valence-corrected chi connectivity index (χ2v) is 9.56. The van der Waals surface area contributed by atoms with Crippen LogP contribution in [0.2, 0.25) is 10.0 Å². The molecule has 0 aromatic heterocycles. The lowest BCUT2D eigenvalue weighted by molar-refractivity contribution is -0.139. The van der Waals surface area contributed by atoms with Crippen LogP contribution in [0.25, 0.3) is 0 Å². The molecule has 0 heterocycles. The molecule has 2 amide bonds. The van der Waals surface area contributed by atoms with Gasteiger partial charge >= 0.3 is 0 Å². The fraction of sp³-hybridized carbons (Fsp3) is 0.417. The molecule has 31 heavy (non-hydrogen) atoms. The van der Waals surface area contributed by atoms with Gasteiger partial charge in [-0.1, -0.05) is 80.4 Å². The maximum atomic E-state index is 13.2. The van der Waals surface area contributed by atoms with Gasteiger partial charge in [0.1, 0.15) is 6.04 Å². The highest BCUT2D eigenvalue weighted by Gasteiger charge is 2.28. The van der Waals surface area contributed by atoms with E-state index >= 15 is 0 Å². The van der Waals surface area contributed by atoms with E-state index in [1.165, 1.54) is 11.8 Å². The first-order valence-corrected chi connectivity index (χ1v) is 12.4. The van der Waals surface area contributed by atoms with E-state index in [0.717, 1.165) is 11.1 Å². The molecule has 0 aliphatic heterocycles. The van der Waals surface area contributed by atoms with Crippen LogP contribution in [-0.2, 0) is 21.9 Å². The third-order valence-electron chi connectivity index (χ3n) is 4.80. The van der Waals surface area contributed by atoms with Crippen LogP contribution in [0.15, 0.2) is 48.5 Å². The lowest BCUT2D eigenvalue weighted by Crippen LogP contribution is -2.50. The van der Waals surface area contributed by atoms with Gasteiger partial charge in [-0.2, -0.15) is 0 Å². The quantitative estimate of drug-likeness (QED) is 0.441. The topological polar surface area (TPSA) is 49.4 Å². The van der Waals surface area contributed by atoms with E-state index in [1.807, 2.05) is 51.1 Å². The Morgan fingerprint density at radius 2 is 1.68 bits per heavy atom. The summed E-state index contributed by atoms with van der Waals surface area (Å²) in [6, 6.07) is 14.6. The predicted octanol–water partition coefficient (Wildman–Crippen LogP) is 5.81. The first-order valence-electron chi connectivity index (χ1n) is 10.4. The Morgan fingerprint density at radius 3 is 2.26 bits per heavy atom. The standard InChI is InChI=1S/C24H30Cl2N2O2S/c1-4-22(24(30)27-13-17(2)3)28(14-18-9-6-5-7-10-18)23(29)16-31-15-19-20(25)11-8-12-21(19)26/h5-12,17,22H,4,13-16H2,1-3H3,(H,27,30). The van der Waals surface area contributed by atoms with E-state index in [1.54, 1.807) is 23.1 Å². The monoisotopic (exact) mass is 480 g/mol. The molecule has 0 saturated carbocycles. The van der Waals surface area contributed by atoms with Crippen LogP contribution in [0, 0.1) is 5.92 Å². The molecule has 0 bridgehead atoms. The van der Waals surface area contributed by atoms with Crippen molar-refractivity contribution in [1.29, 1.82) is 0 Å². The summed E-state index contributed by atoms with van der Waals surface area (Å²) in [6.45, 7) is 7.00. The van der Waals surface area contributed by atoms with Crippen LogP contribution in [0.4, 0.5) is 0 Å². The van der Waals surface area contributed by atoms with E-state index in [4.69, 9.17) is 23.2 Å². The van der Waals surface area contributed by atoms with E-state index in [9.17, 15) is 9.59 Å². The van der Waals surface area contributed by atoms with Crippen LogP contribution in [0.1, 0.15) is 38.3 Å². The zero-order valence-electron chi connectivity index (χ0n) is 18.2. The summed E-state index contributed by atoms with van der Waals surface area (Å²) in [4.78, 5) is 27.7. The number of nitrogens with one attached hydrogen (secondary N) is 1.